The first kappa shape index (κ1) is 24.8. The van der Waals surface area contributed by atoms with Crippen LogP contribution in [0.25, 0.3) is 0 Å². The van der Waals surface area contributed by atoms with Gasteiger partial charge in [0.05, 0.1) is 24.6 Å². The Balaban J connectivity index is 2.49. The average Bonchev–Trinajstić information content (AvgIpc) is 2.62. The number of amides is 1. The van der Waals surface area contributed by atoms with Gasteiger partial charge in [0.25, 0.3) is 0 Å². The first-order chi connectivity index (χ1) is 13.7. The van der Waals surface area contributed by atoms with Gasteiger partial charge in [-0.15, -0.1) is 0 Å². The van der Waals surface area contributed by atoms with Crippen LogP contribution in [0.4, 0.5) is 4.79 Å². The number of nitriles is 1. The van der Waals surface area contributed by atoms with Crippen molar-refractivity contribution in [2.45, 2.75) is 97.1 Å². The minimum Gasteiger partial charge on any atom is -0.494 e. The largest absolute Gasteiger partial charge is 0.494 e. The molecule has 0 saturated carbocycles. The van der Waals surface area contributed by atoms with E-state index in [9.17, 15) is 10.1 Å². The van der Waals surface area contributed by atoms with Crippen LogP contribution >= 0.6 is 0 Å². The summed E-state index contributed by atoms with van der Waals surface area (Å²) in [5.74, 6) is 0.885. The second-order valence-electron chi connectivity index (χ2n) is 8.93. The lowest BCUT2D eigenvalue weighted by molar-refractivity contribution is 0.0460. The molecular formula is C24H38N2O3. The molecular weight excluding hydrogens is 364 g/mol. The molecule has 0 aliphatic carbocycles. The van der Waals surface area contributed by atoms with Gasteiger partial charge < -0.3 is 14.8 Å². The van der Waals surface area contributed by atoms with Crippen LogP contribution in [-0.2, 0) is 11.2 Å². The van der Waals surface area contributed by atoms with Crippen molar-refractivity contribution in [1.29, 1.82) is 5.26 Å². The number of ether oxygens (including phenoxy) is 2. The summed E-state index contributed by atoms with van der Waals surface area (Å²) in [6, 6.07) is 10.3. The lowest BCUT2D eigenvalue weighted by Gasteiger charge is -2.30. The van der Waals surface area contributed by atoms with Gasteiger partial charge in [-0.2, -0.15) is 5.26 Å². The number of rotatable bonds is 12. The maximum atomic E-state index is 12.1. The van der Waals surface area contributed by atoms with E-state index in [-0.39, 0.29) is 6.42 Å². The van der Waals surface area contributed by atoms with Crippen molar-refractivity contribution < 1.29 is 14.3 Å². The lowest BCUT2D eigenvalue weighted by Crippen LogP contribution is -2.48. The average molecular weight is 403 g/mol. The monoisotopic (exact) mass is 402 g/mol. The molecule has 0 fully saturated rings. The number of alkyl carbamates (subject to hydrolysis) is 1. The van der Waals surface area contributed by atoms with Crippen molar-refractivity contribution >= 4 is 6.09 Å². The summed E-state index contributed by atoms with van der Waals surface area (Å²) in [5.41, 5.74) is -0.0516. The number of hydrogen-bond donors (Lipinski definition) is 1. The maximum Gasteiger partial charge on any atom is 0.408 e. The Hall–Kier alpha value is -2.22. The summed E-state index contributed by atoms with van der Waals surface area (Å²) in [4.78, 5) is 12.1. The van der Waals surface area contributed by atoms with Crippen LogP contribution in [0, 0.1) is 11.3 Å². The van der Waals surface area contributed by atoms with E-state index < -0.39 is 17.2 Å². The molecule has 0 spiro atoms. The molecule has 1 aromatic carbocycles. The first-order valence-electron chi connectivity index (χ1n) is 10.8. The van der Waals surface area contributed by atoms with E-state index in [4.69, 9.17) is 9.47 Å². The SMILES string of the molecule is CCCCCCCOc1ccc(CCC(C)(CC#N)NC(=O)OC(C)(C)C)cc1. The fourth-order valence-corrected chi connectivity index (χ4v) is 2.99. The second-order valence-corrected chi connectivity index (χ2v) is 8.93. The lowest BCUT2D eigenvalue weighted by atomic mass is 9.90. The molecule has 1 atom stereocenters. The van der Waals surface area contributed by atoms with Gasteiger partial charge in [-0.1, -0.05) is 44.7 Å². The van der Waals surface area contributed by atoms with Gasteiger partial charge in [0.1, 0.15) is 11.4 Å². The van der Waals surface area contributed by atoms with Crippen LogP contribution in [0.1, 0.15) is 85.1 Å². The molecule has 5 nitrogen and oxygen atoms in total. The zero-order valence-corrected chi connectivity index (χ0v) is 18.8. The second kappa shape index (κ2) is 12.4. The van der Waals surface area contributed by atoms with E-state index in [0.717, 1.165) is 30.8 Å². The summed E-state index contributed by atoms with van der Waals surface area (Å²) >= 11 is 0. The Morgan fingerprint density at radius 2 is 1.72 bits per heavy atom. The third kappa shape index (κ3) is 11.4. The highest BCUT2D eigenvalue weighted by molar-refractivity contribution is 5.68. The third-order valence-corrected chi connectivity index (χ3v) is 4.68. The van der Waals surface area contributed by atoms with E-state index in [1.165, 1.54) is 25.7 Å². The number of hydrogen-bond acceptors (Lipinski definition) is 4. The van der Waals surface area contributed by atoms with E-state index in [0.29, 0.717) is 6.42 Å². The topological polar surface area (TPSA) is 71.3 Å². The van der Waals surface area contributed by atoms with Gasteiger partial charge in [-0.05, 0) is 64.7 Å². The highest BCUT2D eigenvalue weighted by atomic mass is 16.6. The molecule has 0 radical (unpaired) electrons. The molecule has 0 aromatic heterocycles. The number of nitrogens with zero attached hydrogens (tertiary/aromatic N) is 1. The standard InChI is InChI=1S/C24H38N2O3/c1-6-7-8-9-10-19-28-21-13-11-20(12-14-21)15-16-24(5,17-18-25)26-22(27)29-23(2,3)4/h11-14H,6-10,15-17,19H2,1-5H3,(H,26,27). The summed E-state index contributed by atoms with van der Waals surface area (Å²) in [7, 11) is 0. The van der Waals surface area contributed by atoms with Gasteiger partial charge in [-0.3, -0.25) is 0 Å². The molecule has 1 unspecified atom stereocenters. The molecule has 1 aromatic rings. The molecule has 0 heterocycles. The van der Waals surface area contributed by atoms with Gasteiger partial charge in [0, 0.05) is 0 Å². The van der Waals surface area contributed by atoms with Crippen molar-refractivity contribution in [3.8, 4) is 11.8 Å². The van der Waals surface area contributed by atoms with E-state index in [2.05, 4.69) is 18.3 Å². The molecule has 0 bridgehead atoms. The van der Waals surface area contributed by atoms with Crippen LogP contribution in [0.15, 0.2) is 24.3 Å². The third-order valence-electron chi connectivity index (χ3n) is 4.68. The van der Waals surface area contributed by atoms with E-state index >= 15 is 0 Å². The van der Waals surface area contributed by atoms with Crippen LogP contribution < -0.4 is 10.1 Å². The molecule has 162 valence electrons. The first-order valence-corrected chi connectivity index (χ1v) is 10.8. The fourth-order valence-electron chi connectivity index (χ4n) is 2.99. The van der Waals surface area contributed by atoms with E-state index in [1.807, 2.05) is 52.0 Å². The quantitative estimate of drug-likeness (QED) is 0.425. The fraction of sp³-hybridized carbons (Fsp3) is 0.667. The number of benzene rings is 1. The Kier molecular flexibility index (Phi) is 10.6. The number of unbranched alkanes of at least 4 members (excludes halogenated alkanes) is 4. The zero-order valence-electron chi connectivity index (χ0n) is 18.8. The van der Waals surface area contributed by atoms with Crippen LogP contribution in [0.2, 0.25) is 0 Å². The Morgan fingerprint density at radius 1 is 1.07 bits per heavy atom. The van der Waals surface area contributed by atoms with Crippen molar-refractivity contribution in [3.05, 3.63) is 29.8 Å². The highest BCUT2D eigenvalue weighted by Gasteiger charge is 2.28. The molecule has 1 N–H and O–H groups in total. The number of aryl methyl sites for hydroxylation is 1. The highest BCUT2D eigenvalue weighted by Crippen LogP contribution is 2.21. The van der Waals surface area contributed by atoms with Gasteiger partial charge in [-0.25, -0.2) is 4.79 Å². The molecule has 29 heavy (non-hydrogen) atoms. The predicted octanol–water partition coefficient (Wildman–Crippen LogP) is 6.17. The van der Waals surface area contributed by atoms with Gasteiger partial charge >= 0.3 is 6.09 Å². The normalized spacial score (nSPS) is 13.2. The Morgan fingerprint density at radius 3 is 2.31 bits per heavy atom. The summed E-state index contributed by atoms with van der Waals surface area (Å²) < 4.78 is 11.1. The van der Waals surface area contributed by atoms with Gasteiger partial charge in [0.15, 0.2) is 0 Å². The number of carbonyl (C=O) groups is 1. The predicted molar refractivity (Wildman–Crippen MR) is 117 cm³/mol. The molecule has 1 rings (SSSR count). The van der Waals surface area contributed by atoms with Crippen molar-refractivity contribution in [3.63, 3.8) is 0 Å². The summed E-state index contributed by atoms with van der Waals surface area (Å²) in [6.07, 6.45) is 7.27. The van der Waals surface area contributed by atoms with E-state index in [1.54, 1.807) is 0 Å². The Bertz CT molecular complexity index is 644. The maximum absolute atomic E-state index is 12.1. The van der Waals surface area contributed by atoms with Gasteiger partial charge in [0.2, 0.25) is 0 Å². The molecule has 5 heteroatoms. The zero-order chi connectivity index (χ0) is 21.8. The minimum atomic E-state index is -0.634. The summed E-state index contributed by atoms with van der Waals surface area (Å²) in [6.45, 7) is 10.3. The molecule has 0 aliphatic rings. The Labute approximate surface area is 176 Å². The van der Waals surface area contributed by atoms with Crippen LogP contribution in [0.5, 0.6) is 5.75 Å². The smallest absolute Gasteiger partial charge is 0.408 e. The molecule has 0 saturated heterocycles. The number of carbonyl (C=O) groups excluding carboxylic acids is 1. The van der Waals surface area contributed by atoms with Crippen LogP contribution in [0.3, 0.4) is 0 Å². The molecule has 1 amide bonds. The molecule has 0 aliphatic heterocycles. The van der Waals surface area contributed by atoms with Crippen molar-refractivity contribution in [1.82, 2.24) is 5.32 Å². The summed E-state index contributed by atoms with van der Waals surface area (Å²) in [5, 5.41) is 12.0. The minimum absolute atomic E-state index is 0.228. The van der Waals surface area contributed by atoms with Crippen molar-refractivity contribution in [2.75, 3.05) is 6.61 Å². The van der Waals surface area contributed by atoms with Crippen LogP contribution in [-0.4, -0.2) is 23.8 Å². The van der Waals surface area contributed by atoms with Crippen molar-refractivity contribution in [2.24, 2.45) is 0 Å². The number of nitrogens with one attached hydrogen (secondary N) is 1.